The van der Waals surface area contributed by atoms with Crippen LogP contribution in [0.2, 0.25) is 0 Å². The maximum Gasteiger partial charge on any atom is 0.282 e. The van der Waals surface area contributed by atoms with Crippen LogP contribution in [0.25, 0.3) is 5.57 Å². The topological polar surface area (TPSA) is 49.9 Å². The number of carbonyl (C=O) groups is 2. The lowest BCUT2D eigenvalue weighted by molar-refractivity contribution is -0.120. The lowest BCUT2D eigenvalue weighted by atomic mass is 9.98. The Balaban J connectivity index is 1.57. The fourth-order valence-electron chi connectivity index (χ4n) is 4.54. The van der Waals surface area contributed by atoms with E-state index in [-0.39, 0.29) is 5.91 Å². The van der Waals surface area contributed by atoms with Crippen LogP contribution in [0.1, 0.15) is 30.0 Å². The summed E-state index contributed by atoms with van der Waals surface area (Å²) >= 11 is 0. The number of imide groups is 1. The highest BCUT2D eigenvalue weighted by molar-refractivity contribution is 6.45. The molecule has 0 N–H and O–H groups in total. The number of halogens is 1. The van der Waals surface area contributed by atoms with E-state index in [4.69, 9.17) is 4.74 Å². The first kappa shape index (κ1) is 21.9. The Bertz CT molecular complexity index is 1280. The molecule has 0 aromatic heterocycles. The second-order valence-electron chi connectivity index (χ2n) is 8.46. The molecule has 172 valence electrons. The van der Waals surface area contributed by atoms with Crippen LogP contribution < -0.4 is 9.64 Å². The van der Waals surface area contributed by atoms with Gasteiger partial charge in [-0.15, -0.1) is 0 Å². The Kier molecular flexibility index (Phi) is 5.88. The number of anilines is 1. The third-order valence-corrected chi connectivity index (χ3v) is 6.19. The summed E-state index contributed by atoms with van der Waals surface area (Å²) in [5, 5.41) is 0. The minimum atomic E-state index is -0.418. The molecule has 5 rings (SSSR count). The SMILES string of the molecule is CCCOc1cccc(N2C(=O)C(c3ccc(F)cc3)=C(N3CCc4ccccc4C3)C2=O)c1. The number of fused-ring (bicyclic) bond motifs is 1. The van der Waals surface area contributed by atoms with Gasteiger partial charge in [0.25, 0.3) is 11.8 Å². The first-order chi connectivity index (χ1) is 16.6. The van der Waals surface area contributed by atoms with Gasteiger partial charge in [0.15, 0.2) is 0 Å². The Morgan fingerprint density at radius 3 is 2.44 bits per heavy atom. The first-order valence-electron chi connectivity index (χ1n) is 11.5. The number of hydrogen-bond acceptors (Lipinski definition) is 4. The quantitative estimate of drug-likeness (QED) is 0.492. The van der Waals surface area contributed by atoms with Crippen molar-refractivity contribution < 1.29 is 18.7 Å². The van der Waals surface area contributed by atoms with Crippen LogP contribution in [-0.4, -0.2) is 29.9 Å². The van der Waals surface area contributed by atoms with Crippen LogP contribution in [0.15, 0.2) is 78.5 Å². The molecule has 0 radical (unpaired) electrons. The number of amides is 2. The Labute approximate surface area is 198 Å². The minimum Gasteiger partial charge on any atom is -0.494 e. The van der Waals surface area contributed by atoms with Crippen molar-refractivity contribution in [3.05, 3.63) is 101 Å². The van der Waals surface area contributed by atoms with Crippen LogP contribution in [0.4, 0.5) is 10.1 Å². The minimum absolute atomic E-state index is 0.296. The van der Waals surface area contributed by atoms with Gasteiger partial charge in [-0.05, 0) is 53.8 Å². The van der Waals surface area contributed by atoms with Crippen LogP contribution in [0, 0.1) is 5.82 Å². The lowest BCUT2D eigenvalue weighted by Crippen LogP contribution is -2.37. The van der Waals surface area contributed by atoms with E-state index < -0.39 is 11.7 Å². The van der Waals surface area contributed by atoms with E-state index >= 15 is 0 Å². The molecule has 0 saturated heterocycles. The van der Waals surface area contributed by atoms with E-state index in [1.807, 2.05) is 30.0 Å². The molecule has 0 spiro atoms. The average Bonchev–Trinajstić information content (AvgIpc) is 3.13. The molecule has 2 aliphatic heterocycles. The van der Waals surface area contributed by atoms with E-state index in [2.05, 4.69) is 6.07 Å². The number of nitrogens with zero attached hydrogens (tertiary/aromatic N) is 2. The van der Waals surface area contributed by atoms with Crippen molar-refractivity contribution in [2.24, 2.45) is 0 Å². The van der Waals surface area contributed by atoms with E-state index in [0.29, 0.717) is 48.0 Å². The summed E-state index contributed by atoms with van der Waals surface area (Å²) in [6, 6.07) is 20.9. The zero-order chi connectivity index (χ0) is 23.7. The molecule has 0 bridgehead atoms. The second kappa shape index (κ2) is 9.14. The lowest BCUT2D eigenvalue weighted by Gasteiger charge is -2.31. The fourth-order valence-corrected chi connectivity index (χ4v) is 4.54. The fraction of sp³-hybridized carbons (Fsp3) is 0.214. The summed E-state index contributed by atoms with van der Waals surface area (Å²) in [6.07, 6.45) is 1.63. The van der Waals surface area contributed by atoms with Crippen LogP contribution in [0.3, 0.4) is 0 Å². The molecule has 0 saturated carbocycles. The molecular formula is C28H25FN2O3. The molecular weight excluding hydrogens is 431 g/mol. The van der Waals surface area contributed by atoms with Crippen molar-refractivity contribution >= 4 is 23.1 Å². The van der Waals surface area contributed by atoms with E-state index in [0.717, 1.165) is 18.4 Å². The summed E-state index contributed by atoms with van der Waals surface area (Å²) in [4.78, 5) is 30.7. The molecule has 0 atom stereocenters. The zero-order valence-corrected chi connectivity index (χ0v) is 19.0. The number of ether oxygens (including phenoxy) is 1. The predicted molar refractivity (Wildman–Crippen MR) is 129 cm³/mol. The van der Waals surface area contributed by atoms with E-state index in [1.54, 1.807) is 36.4 Å². The maximum absolute atomic E-state index is 13.8. The van der Waals surface area contributed by atoms with Gasteiger partial charge in [-0.1, -0.05) is 49.4 Å². The molecule has 6 heteroatoms. The second-order valence-corrected chi connectivity index (χ2v) is 8.46. The highest BCUT2D eigenvalue weighted by Crippen LogP contribution is 2.37. The normalized spacial score (nSPS) is 15.7. The summed E-state index contributed by atoms with van der Waals surface area (Å²) < 4.78 is 19.4. The van der Waals surface area contributed by atoms with Crippen molar-refractivity contribution in [2.45, 2.75) is 26.3 Å². The Morgan fingerprint density at radius 1 is 0.912 bits per heavy atom. The van der Waals surface area contributed by atoms with Crippen molar-refractivity contribution in [1.29, 1.82) is 0 Å². The Hall–Kier alpha value is -3.93. The van der Waals surface area contributed by atoms with Crippen LogP contribution in [-0.2, 0) is 22.6 Å². The monoisotopic (exact) mass is 456 g/mol. The van der Waals surface area contributed by atoms with Crippen molar-refractivity contribution in [1.82, 2.24) is 4.90 Å². The van der Waals surface area contributed by atoms with E-state index in [9.17, 15) is 14.0 Å². The van der Waals surface area contributed by atoms with Crippen molar-refractivity contribution in [2.75, 3.05) is 18.1 Å². The highest BCUT2D eigenvalue weighted by atomic mass is 19.1. The number of hydrogen-bond donors (Lipinski definition) is 0. The number of carbonyl (C=O) groups excluding carboxylic acids is 2. The molecule has 2 aliphatic rings. The smallest absolute Gasteiger partial charge is 0.282 e. The summed E-state index contributed by atoms with van der Waals surface area (Å²) in [5.41, 5.74) is 4.01. The molecule has 2 amide bonds. The summed E-state index contributed by atoms with van der Waals surface area (Å²) in [6.45, 7) is 3.70. The molecule has 3 aromatic rings. The van der Waals surface area contributed by atoms with Gasteiger partial charge in [-0.25, -0.2) is 9.29 Å². The van der Waals surface area contributed by atoms with Crippen molar-refractivity contribution in [3.63, 3.8) is 0 Å². The van der Waals surface area contributed by atoms with Crippen molar-refractivity contribution in [3.8, 4) is 5.75 Å². The summed E-state index contributed by atoms with van der Waals surface area (Å²) in [7, 11) is 0. The van der Waals surface area contributed by atoms with Gasteiger partial charge in [0.2, 0.25) is 0 Å². The number of rotatable bonds is 6. The van der Waals surface area contributed by atoms with Gasteiger partial charge in [0.05, 0.1) is 17.9 Å². The van der Waals surface area contributed by atoms with Gasteiger partial charge in [-0.2, -0.15) is 0 Å². The van der Waals surface area contributed by atoms with Gasteiger partial charge in [-0.3, -0.25) is 9.59 Å². The molecule has 0 unspecified atom stereocenters. The third-order valence-electron chi connectivity index (χ3n) is 6.19. The van der Waals surface area contributed by atoms with Gasteiger partial charge >= 0.3 is 0 Å². The standard InChI is InChI=1S/C28H25FN2O3/c1-2-16-34-24-9-5-8-23(17-24)31-27(32)25(20-10-12-22(29)13-11-20)26(28(31)33)30-15-14-19-6-3-4-7-21(19)18-30/h3-13,17H,2,14-16,18H2,1H3. The average molecular weight is 457 g/mol. The largest absolute Gasteiger partial charge is 0.494 e. The van der Waals surface area contributed by atoms with E-state index in [1.165, 1.54) is 22.6 Å². The highest BCUT2D eigenvalue weighted by Gasteiger charge is 2.43. The Morgan fingerprint density at radius 2 is 1.68 bits per heavy atom. The molecule has 3 aromatic carbocycles. The molecule has 0 aliphatic carbocycles. The zero-order valence-electron chi connectivity index (χ0n) is 19.0. The maximum atomic E-state index is 13.8. The van der Waals surface area contributed by atoms with Crippen LogP contribution >= 0.6 is 0 Å². The molecule has 0 fully saturated rings. The molecule has 2 heterocycles. The van der Waals surface area contributed by atoms with Gasteiger partial charge < -0.3 is 9.64 Å². The third kappa shape index (κ3) is 3.96. The molecule has 34 heavy (non-hydrogen) atoms. The molecule has 5 nitrogen and oxygen atoms in total. The van der Waals surface area contributed by atoms with Crippen LogP contribution in [0.5, 0.6) is 5.75 Å². The number of benzene rings is 3. The van der Waals surface area contributed by atoms with Gasteiger partial charge in [0.1, 0.15) is 17.3 Å². The van der Waals surface area contributed by atoms with Gasteiger partial charge in [0, 0.05) is 19.2 Å². The first-order valence-corrected chi connectivity index (χ1v) is 11.5. The predicted octanol–water partition coefficient (Wildman–Crippen LogP) is 4.96. The summed E-state index contributed by atoms with van der Waals surface area (Å²) in [5.74, 6) is -0.592.